The van der Waals surface area contributed by atoms with E-state index in [1.165, 1.54) is 0 Å². The minimum Gasteiger partial charge on any atom is -0.508 e. The van der Waals surface area contributed by atoms with Crippen LogP contribution in [-0.4, -0.2) is 19.5 Å². The lowest BCUT2D eigenvalue weighted by molar-refractivity contribution is 0.475. The van der Waals surface area contributed by atoms with E-state index < -0.39 is 0 Å². The van der Waals surface area contributed by atoms with Gasteiger partial charge in [0.2, 0.25) is 0 Å². The number of hydrogen-bond acceptors (Lipinski definition) is 3. The lowest BCUT2D eigenvalue weighted by Crippen LogP contribution is -1.98. The van der Waals surface area contributed by atoms with E-state index in [0.29, 0.717) is 0 Å². The molecule has 0 unspecified atom stereocenters. The van der Waals surface area contributed by atoms with Crippen LogP contribution in [0.2, 0.25) is 0 Å². The SMILES string of the molecule is Cc1cc(O)ccc1-c1c(C)ncc2nccn12. The van der Waals surface area contributed by atoms with Gasteiger partial charge in [-0.1, -0.05) is 0 Å². The molecule has 0 aliphatic rings. The van der Waals surface area contributed by atoms with Crippen molar-refractivity contribution < 1.29 is 5.11 Å². The van der Waals surface area contributed by atoms with Crippen molar-refractivity contribution in [3.8, 4) is 17.0 Å². The third-order valence-corrected chi connectivity index (χ3v) is 3.09. The van der Waals surface area contributed by atoms with Gasteiger partial charge in [0.1, 0.15) is 5.75 Å². The smallest absolute Gasteiger partial charge is 0.155 e. The summed E-state index contributed by atoms with van der Waals surface area (Å²) in [4.78, 5) is 8.62. The Bertz CT molecular complexity index is 731. The Hall–Kier alpha value is -2.36. The molecule has 4 heteroatoms. The van der Waals surface area contributed by atoms with Crippen LogP contribution in [0.5, 0.6) is 5.75 Å². The highest BCUT2D eigenvalue weighted by molar-refractivity contribution is 5.69. The average Bonchev–Trinajstić information content (AvgIpc) is 2.79. The summed E-state index contributed by atoms with van der Waals surface area (Å²) in [6.45, 7) is 3.95. The second-order valence-electron chi connectivity index (χ2n) is 4.35. The van der Waals surface area contributed by atoms with Crippen LogP contribution >= 0.6 is 0 Å². The highest BCUT2D eigenvalue weighted by Gasteiger charge is 2.11. The number of hydrogen-bond donors (Lipinski definition) is 1. The highest BCUT2D eigenvalue weighted by atomic mass is 16.3. The zero-order chi connectivity index (χ0) is 12.7. The number of aryl methyl sites for hydroxylation is 2. The molecule has 0 spiro atoms. The van der Waals surface area contributed by atoms with Gasteiger partial charge < -0.3 is 5.11 Å². The van der Waals surface area contributed by atoms with Crippen molar-refractivity contribution in [2.45, 2.75) is 13.8 Å². The summed E-state index contributed by atoms with van der Waals surface area (Å²) in [6, 6.07) is 5.36. The number of fused-ring (bicyclic) bond motifs is 1. The number of aromatic nitrogens is 3. The van der Waals surface area contributed by atoms with Gasteiger partial charge in [-0.15, -0.1) is 0 Å². The Morgan fingerprint density at radius 1 is 1.17 bits per heavy atom. The Kier molecular flexibility index (Phi) is 2.30. The van der Waals surface area contributed by atoms with Crippen molar-refractivity contribution in [3.63, 3.8) is 0 Å². The fourth-order valence-electron chi connectivity index (χ4n) is 2.23. The standard InChI is InChI=1S/C14H13N3O/c1-9-7-11(18)3-4-12(9)14-10(2)16-8-13-15-5-6-17(13)14/h3-8,18H,1-2H3. The van der Waals surface area contributed by atoms with Crippen LogP contribution in [0.4, 0.5) is 0 Å². The lowest BCUT2D eigenvalue weighted by Gasteiger charge is -2.11. The van der Waals surface area contributed by atoms with E-state index >= 15 is 0 Å². The molecule has 0 saturated carbocycles. The first-order valence-corrected chi connectivity index (χ1v) is 5.75. The molecule has 1 aromatic carbocycles. The van der Waals surface area contributed by atoms with Crippen LogP contribution in [0.1, 0.15) is 11.3 Å². The van der Waals surface area contributed by atoms with Crippen molar-refractivity contribution in [3.05, 3.63) is 48.0 Å². The molecule has 3 aromatic rings. The Morgan fingerprint density at radius 3 is 2.78 bits per heavy atom. The number of rotatable bonds is 1. The number of phenols is 1. The van der Waals surface area contributed by atoms with Gasteiger partial charge >= 0.3 is 0 Å². The molecule has 0 atom stereocenters. The normalized spacial score (nSPS) is 11.0. The predicted octanol–water partition coefficient (Wildman–Crippen LogP) is 2.72. The van der Waals surface area contributed by atoms with Crippen molar-refractivity contribution in [2.24, 2.45) is 0 Å². The molecular formula is C14H13N3O. The minimum absolute atomic E-state index is 0.277. The lowest BCUT2D eigenvalue weighted by atomic mass is 10.0. The van der Waals surface area contributed by atoms with E-state index in [1.807, 2.05) is 30.5 Å². The summed E-state index contributed by atoms with van der Waals surface area (Å²) < 4.78 is 2.02. The van der Waals surface area contributed by atoms with E-state index in [9.17, 15) is 5.11 Å². The predicted molar refractivity (Wildman–Crippen MR) is 69.6 cm³/mol. The molecule has 0 aliphatic heterocycles. The van der Waals surface area contributed by atoms with Gasteiger partial charge in [0.25, 0.3) is 0 Å². The van der Waals surface area contributed by atoms with E-state index in [0.717, 1.165) is 28.2 Å². The summed E-state index contributed by atoms with van der Waals surface area (Å²) in [7, 11) is 0. The zero-order valence-electron chi connectivity index (χ0n) is 10.3. The van der Waals surface area contributed by atoms with Crippen LogP contribution in [0, 0.1) is 13.8 Å². The molecule has 3 rings (SSSR count). The maximum absolute atomic E-state index is 9.49. The van der Waals surface area contributed by atoms with Gasteiger partial charge in [-0.05, 0) is 37.6 Å². The van der Waals surface area contributed by atoms with Crippen LogP contribution in [0.25, 0.3) is 16.9 Å². The summed E-state index contributed by atoms with van der Waals surface area (Å²) in [5.74, 6) is 0.277. The van der Waals surface area contributed by atoms with Crippen molar-refractivity contribution in [1.29, 1.82) is 0 Å². The Balaban J connectivity index is 2.36. The second kappa shape index (κ2) is 3.84. The average molecular weight is 239 g/mol. The molecule has 2 heterocycles. The molecule has 0 saturated heterocycles. The summed E-state index contributed by atoms with van der Waals surface area (Å²) in [5, 5.41) is 9.49. The quantitative estimate of drug-likeness (QED) is 0.710. The molecule has 18 heavy (non-hydrogen) atoms. The number of nitrogens with zero attached hydrogens (tertiary/aromatic N) is 3. The highest BCUT2D eigenvalue weighted by Crippen LogP contribution is 2.28. The molecule has 0 amide bonds. The number of imidazole rings is 1. The fourth-order valence-corrected chi connectivity index (χ4v) is 2.23. The van der Waals surface area contributed by atoms with Crippen molar-refractivity contribution in [1.82, 2.24) is 14.4 Å². The molecule has 0 fully saturated rings. The van der Waals surface area contributed by atoms with E-state index in [1.54, 1.807) is 24.5 Å². The van der Waals surface area contributed by atoms with E-state index in [4.69, 9.17) is 0 Å². The van der Waals surface area contributed by atoms with Crippen LogP contribution < -0.4 is 0 Å². The largest absolute Gasteiger partial charge is 0.508 e. The van der Waals surface area contributed by atoms with Crippen LogP contribution in [0.15, 0.2) is 36.8 Å². The van der Waals surface area contributed by atoms with Gasteiger partial charge in [-0.2, -0.15) is 0 Å². The Labute approximate surface area is 105 Å². The third kappa shape index (κ3) is 1.54. The summed E-state index contributed by atoms with van der Waals surface area (Å²) >= 11 is 0. The van der Waals surface area contributed by atoms with Gasteiger partial charge in [0.15, 0.2) is 5.65 Å². The topological polar surface area (TPSA) is 50.4 Å². The zero-order valence-corrected chi connectivity index (χ0v) is 10.3. The number of aromatic hydroxyl groups is 1. The molecule has 0 bridgehead atoms. The first kappa shape index (κ1) is 10.8. The van der Waals surface area contributed by atoms with Crippen molar-refractivity contribution in [2.75, 3.05) is 0 Å². The third-order valence-electron chi connectivity index (χ3n) is 3.09. The van der Waals surface area contributed by atoms with E-state index in [2.05, 4.69) is 9.97 Å². The molecular weight excluding hydrogens is 226 g/mol. The number of phenolic OH excluding ortho intramolecular Hbond substituents is 1. The first-order valence-electron chi connectivity index (χ1n) is 5.75. The van der Waals surface area contributed by atoms with Gasteiger partial charge in [-0.3, -0.25) is 9.38 Å². The fraction of sp³-hybridized carbons (Fsp3) is 0.143. The van der Waals surface area contributed by atoms with E-state index in [-0.39, 0.29) is 5.75 Å². The van der Waals surface area contributed by atoms with Gasteiger partial charge in [0, 0.05) is 18.0 Å². The Morgan fingerprint density at radius 2 is 2.00 bits per heavy atom. The van der Waals surface area contributed by atoms with Crippen LogP contribution in [-0.2, 0) is 0 Å². The molecule has 90 valence electrons. The molecule has 2 aromatic heterocycles. The first-order chi connectivity index (χ1) is 8.66. The van der Waals surface area contributed by atoms with Gasteiger partial charge in [-0.25, -0.2) is 4.98 Å². The van der Waals surface area contributed by atoms with Crippen LogP contribution in [0.3, 0.4) is 0 Å². The summed E-state index contributed by atoms with van der Waals surface area (Å²) in [5.41, 5.74) is 4.85. The maximum Gasteiger partial charge on any atom is 0.155 e. The molecule has 0 aliphatic carbocycles. The molecule has 4 nitrogen and oxygen atoms in total. The van der Waals surface area contributed by atoms with Gasteiger partial charge in [0.05, 0.1) is 17.6 Å². The van der Waals surface area contributed by atoms with Crippen molar-refractivity contribution >= 4 is 5.65 Å². The number of benzene rings is 1. The molecule has 0 radical (unpaired) electrons. The minimum atomic E-state index is 0.277. The summed E-state index contributed by atoms with van der Waals surface area (Å²) in [6.07, 6.45) is 5.44. The second-order valence-corrected chi connectivity index (χ2v) is 4.35. The monoisotopic (exact) mass is 239 g/mol. The maximum atomic E-state index is 9.49. The molecule has 1 N–H and O–H groups in total.